The van der Waals surface area contributed by atoms with Crippen LogP contribution in [0.2, 0.25) is 0 Å². The summed E-state index contributed by atoms with van der Waals surface area (Å²) in [5.41, 5.74) is 5.82. The molecule has 80 valence electrons. The summed E-state index contributed by atoms with van der Waals surface area (Å²) in [5.74, 6) is 0. The lowest BCUT2D eigenvalue weighted by molar-refractivity contribution is 0.227. The third-order valence-electron chi connectivity index (χ3n) is 2.40. The van der Waals surface area contributed by atoms with E-state index in [9.17, 15) is 0 Å². The van der Waals surface area contributed by atoms with Crippen molar-refractivity contribution in [2.75, 3.05) is 19.6 Å². The van der Waals surface area contributed by atoms with Crippen LogP contribution in [0.15, 0.2) is 15.9 Å². The minimum Gasteiger partial charge on any atom is -0.329 e. The minimum absolute atomic E-state index is 0.376. The van der Waals surface area contributed by atoms with Gasteiger partial charge in [0.05, 0.1) is 9.83 Å². The molecule has 14 heavy (non-hydrogen) atoms. The molecule has 1 aromatic rings. The molecule has 1 rings (SSSR count). The Morgan fingerprint density at radius 3 is 2.43 bits per heavy atom. The molecule has 2 nitrogen and oxygen atoms in total. The van der Waals surface area contributed by atoms with E-state index in [0.717, 1.165) is 13.1 Å². The van der Waals surface area contributed by atoms with E-state index in [2.05, 4.69) is 46.8 Å². The van der Waals surface area contributed by atoms with E-state index in [4.69, 9.17) is 5.73 Å². The Kier molecular flexibility index (Phi) is 5.09. The van der Waals surface area contributed by atoms with Gasteiger partial charge in [0.2, 0.25) is 0 Å². The summed E-state index contributed by atoms with van der Waals surface area (Å²) < 4.78 is 1.18. The number of hydrogen-bond donors (Lipinski definition) is 1. The van der Waals surface area contributed by atoms with Crippen LogP contribution in [0, 0.1) is 0 Å². The van der Waals surface area contributed by atoms with Gasteiger partial charge in [-0.3, -0.25) is 4.90 Å². The van der Waals surface area contributed by atoms with Crippen molar-refractivity contribution in [3.8, 4) is 0 Å². The average Bonchev–Trinajstić information content (AvgIpc) is 2.60. The Balaban J connectivity index is 2.80. The maximum Gasteiger partial charge on any atom is 0.0702 e. The van der Waals surface area contributed by atoms with Gasteiger partial charge in [-0.2, -0.15) is 0 Å². The van der Waals surface area contributed by atoms with Gasteiger partial charge in [-0.1, -0.05) is 13.8 Å². The number of nitrogens with zero attached hydrogens (tertiary/aromatic N) is 1. The fourth-order valence-electron chi connectivity index (χ4n) is 1.62. The highest BCUT2D eigenvalue weighted by Gasteiger charge is 2.17. The molecule has 0 saturated carbocycles. The van der Waals surface area contributed by atoms with Gasteiger partial charge in [-0.25, -0.2) is 0 Å². The molecule has 1 aromatic heterocycles. The van der Waals surface area contributed by atoms with Crippen molar-refractivity contribution in [3.05, 3.63) is 20.8 Å². The van der Waals surface area contributed by atoms with Gasteiger partial charge in [-0.15, -0.1) is 11.3 Å². The number of nitrogens with two attached hydrogens (primary N) is 1. The Bertz CT molecular complexity index is 271. The van der Waals surface area contributed by atoms with Crippen molar-refractivity contribution < 1.29 is 0 Å². The van der Waals surface area contributed by atoms with Gasteiger partial charge in [0.25, 0.3) is 0 Å². The highest BCUT2D eigenvalue weighted by molar-refractivity contribution is 9.11. The van der Waals surface area contributed by atoms with Crippen LogP contribution in [-0.4, -0.2) is 24.5 Å². The van der Waals surface area contributed by atoms with Crippen LogP contribution in [0.4, 0.5) is 0 Å². The number of thiophene rings is 1. The largest absolute Gasteiger partial charge is 0.329 e. The minimum atomic E-state index is 0.376. The van der Waals surface area contributed by atoms with Gasteiger partial charge < -0.3 is 5.73 Å². The van der Waals surface area contributed by atoms with Crippen molar-refractivity contribution in [1.29, 1.82) is 0 Å². The SMILES string of the molecule is CCN(CC)C(CN)c1ccc(Br)s1. The molecule has 2 N–H and O–H groups in total. The predicted octanol–water partition coefficient (Wildman–Crippen LogP) is 2.85. The molecule has 0 aromatic carbocycles. The van der Waals surface area contributed by atoms with Crippen molar-refractivity contribution in [2.45, 2.75) is 19.9 Å². The third-order valence-corrected chi connectivity index (χ3v) is 4.12. The highest BCUT2D eigenvalue weighted by atomic mass is 79.9. The van der Waals surface area contributed by atoms with Crippen molar-refractivity contribution in [1.82, 2.24) is 4.90 Å². The van der Waals surface area contributed by atoms with Crippen LogP contribution >= 0.6 is 27.3 Å². The van der Waals surface area contributed by atoms with E-state index in [-0.39, 0.29) is 0 Å². The predicted molar refractivity (Wildman–Crippen MR) is 66.7 cm³/mol. The third kappa shape index (κ3) is 2.79. The molecule has 0 aliphatic heterocycles. The summed E-state index contributed by atoms with van der Waals surface area (Å²) >= 11 is 5.26. The summed E-state index contributed by atoms with van der Waals surface area (Å²) in [4.78, 5) is 3.74. The molecule has 1 atom stereocenters. The number of halogens is 1. The zero-order chi connectivity index (χ0) is 10.6. The first-order valence-corrected chi connectivity index (χ1v) is 6.53. The van der Waals surface area contributed by atoms with E-state index >= 15 is 0 Å². The fourth-order valence-corrected chi connectivity index (χ4v) is 3.19. The van der Waals surface area contributed by atoms with Crippen LogP contribution in [0.3, 0.4) is 0 Å². The molecule has 0 bridgehead atoms. The standard InChI is InChI=1S/C10H17BrN2S/c1-3-13(4-2)8(7-12)9-5-6-10(11)14-9/h5-6,8H,3-4,7,12H2,1-2H3. The molecule has 0 amide bonds. The first-order valence-electron chi connectivity index (χ1n) is 4.92. The summed E-state index contributed by atoms with van der Waals surface area (Å²) in [6.07, 6.45) is 0. The van der Waals surface area contributed by atoms with Gasteiger partial charge in [0.15, 0.2) is 0 Å². The molecule has 0 saturated heterocycles. The van der Waals surface area contributed by atoms with Crippen LogP contribution in [0.5, 0.6) is 0 Å². The molecule has 0 radical (unpaired) electrons. The topological polar surface area (TPSA) is 29.3 Å². The second-order valence-corrected chi connectivity index (χ2v) is 5.61. The average molecular weight is 277 g/mol. The lowest BCUT2D eigenvalue weighted by Gasteiger charge is -2.27. The monoisotopic (exact) mass is 276 g/mol. The van der Waals surface area contributed by atoms with Crippen LogP contribution in [0.1, 0.15) is 24.8 Å². The molecule has 1 unspecified atom stereocenters. The van der Waals surface area contributed by atoms with E-state index in [1.807, 2.05) is 0 Å². The summed E-state index contributed by atoms with van der Waals surface area (Å²) in [7, 11) is 0. The Labute approximate surface area is 98.2 Å². The second kappa shape index (κ2) is 5.85. The van der Waals surface area contributed by atoms with Crippen LogP contribution in [-0.2, 0) is 0 Å². The molecule has 0 fully saturated rings. The van der Waals surface area contributed by atoms with E-state index in [0.29, 0.717) is 12.6 Å². The zero-order valence-electron chi connectivity index (χ0n) is 8.66. The summed E-state index contributed by atoms with van der Waals surface area (Å²) in [6.45, 7) is 7.14. The van der Waals surface area contributed by atoms with Gasteiger partial charge in [-0.05, 0) is 41.2 Å². The maximum absolute atomic E-state index is 5.82. The van der Waals surface area contributed by atoms with E-state index in [1.165, 1.54) is 8.66 Å². The second-order valence-electron chi connectivity index (χ2n) is 3.11. The molecule has 0 aliphatic rings. The Hall–Kier alpha value is 0.1000. The quantitative estimate of drug-likeness (QED) is 0.896. The normalized spacial score (nSPS) is 13.5. The molecule has 0 spiro atoms. The highest BCUT2D eigenvalue weighted by Crippen LogP contribution is 2.29. The summed E-state index contributed by atoms with van der Waals surface area (Å²) in [5, 5.41) is 0. The lowest BCUT2D eigenvalue weighted by Crippen LogP contribution is -2.32. The molecule has 1 heterocycles. The Morgan fingerprint density at radius 1 is 1.43 bits per heavy atom. The van der Waals surface area contributed by atoms with Gasteiger partial charge in [0.1, 0.15) is 0 Å². The fraction of sp³-hybridized carbons (Fsp3) is 0.600. The number of hydrogen-bond acceptors (Lipinski definition) is 3. The van der Waals surface area contributed by atoms with Crippen LogP contribution < -0.4 is 5.73 Å². The van der Waals surface area contributed by atoms with Crippen molar-refractivity contribution in [2.24, 2.45) is 5.73 Å². The van der Waals surface area contributed by atoms with E-state index in [1.54, 1.807) is 11.3 Å². The van der Waals surface area contributed by atoms with Gasteiger partial charge in [0, 0.05) is 11.4 Å². The van der Waals surface area contributed by atoms with Crippen molar-refractivity contribution >= 4 is 27.3 Å². The first-order chi connectivity index (χ1) is 6.72. The number of likely N-dealkylation sites (N-methyl/N-ethyl adjacent to an activating group) is 1. The first kappa shape index (κ1) is 12.2. The Morgan fingerprint density at radius 2 is 2.07 bits per heavy atom. The van der Waals surface area contributed by atoms with Crippen molar-refractivity contribution in [3.63, 3.8) is 0 Å². The molecule has 4 heteroatoms. The number of rotatable bonds is 5. The maximum atomic E-state index is 5.82. The lowest BCUT2D eigenvalue weighted by atomic mass is 10.2. The van der Waals surface area contributed by atoms with E-state index < -0.39 is 0 Å². The summed E-state index contributed by atoms with van der Waals surface area (Å²) in [6, 6.07) is 4.62. The zero-order valence-corrected chi connectivity index (χ0v) is 11.1. The van der Waals surface area contributed by atoms with Gasteiger partial charge >= 0.3 is 0 Å². The molecule has 0 aliphatic carbocycles. The smallest absolute Gasteiger partial charge is 0.0702 e. The molecular weight excluding hydrogens is 260 g/mol. The molecular formula is C10H17BrN2S. The van der Waals surface area contributed by atoms with Crippen LogP contribution in [0.25, 0.3) is 0 Å².